The molecular formula is C19H21N5O3. The molecule has 3 rings (SSSR count). The second-order valence-corrected chi connectivity index (χ2v) is 6.06. The molecule has 2 aromatic heterocycles. The number of ether oxygens (including phenoxy) is 2. The highest BCUT2D eigenvalue weighted by Gasteiger charge is 2.14. The Hall–Kier alpha value is -3.42. The number of nitrogens with zero attached hydrogens (tertiary/aromatic N) is 4. The number of methoxy groups -OCH3 is 2. The van der Waals surface area contributed by atoms with Crippen LogP contribution in [0.4, 0.5) is 5.82 Å². The molecule has 0 aliphatic rings. The zero-order chi connectivity index (χ0) is 19.6. The highest BCUT2D eigenvalue weighted by atomic mass is 16.5. The van der Waals surface area contributed by atoms with Crippen molar-refractivity contribution in [3.05, 3.63) is 41.7 Å². The summed E-state index contributed by atoms with van der Waals surface area (Å²) in [5.41, 5.74) is 3.11. The van der Waals surface area contributed by atoms with E-state index in [2.05, 4.69) is 20.4 Å². The average Bonchev–Trinajstić information content (AvgIpc) is 2.98. The van der Waals surface area contributed by atoms with E-state index in [-0.39, 0.29) is 5.91 Å². The standard InChI is InChI=1S/C19H21N5O3/c1-11-6-12(2)24(23-11)19-21-17(10-18(22-19)20-13(3)25)14-7-15(26-4)9-16(8-14)27-5/h6-10H,1-5H3,(H,20,21,22,25). The SMILES string of the molecule is COc1cc(OC)cc(-c2cc(NC(C)=O)nc(-n3nc(C)cc3C)n2)c1. The van der Waals surface area contributed by atoms with E-state index in [1.165, 1.54) is 6.92 Å². The summed E-state index contributed by atoms with van der Waals surface area (Å²) in [4.78, 5) is 20.6. The van der Waals surface area contributed by atoms with Crippen molar-refractivity contribution in [3.8, 4) is 28.7 Å². The predicted molar refractivity (Wildman–Crippen MR) is 101 cm³/mol. The summed E-state index contributed by atoms with van der Waals surface area (Å²) in [5.74, 6) is 1.80. The molecule has 1 N–H and O–H groups in total. The molecule has 0 atom stereocenters. The summed E-state index contributed by atoms with van der Waals surface area (Å²) >= 11 is 0. The van der Waals surface area contributed by atoms with Crippen molar-refractivity contribution in [1.29, 1.82) is 0 Å². The largest absolute Gasteiger partial charge is 0.497 e. The molecule has 0 aliphatic heterocycles. The van der Waals surface area contributed by atoms with Crippen molar-refractivity contribution in [1.82, 2.24) is 19.7 Å². The fourth-order valence-corrected chi connectivity index (χ4v) is 2.71. The zero-order valence-corrected chi connectivity index (χ0v) is 15.9. The van der Waals surface area contributed by atoms with Crippen molar-refractivity contribution < 1.29 is 14.3 Å². The Bertz CT molecular complexity index is 975. The lowest BCUT2D eigenvalue weighted by Crippen LogP contribution is -2.12. The number of nitrogens with one attached hydrogen (secondary N) is 1. The Kier molecular flexibility index (Phi) is 5.07. The van der Waals surface area contributed by atoms with Crippen LogP contribution in [0.15, 0.2) is 30.3 Å². The fraction of sp³-hybridized carbons (Fsp3) is 0.263. The smallest absolute Gasteiger partial charge is 0.253 e. The molecule has 140 valence electrons. The first-order valence-corrected chi connectivity index (χ1v) is 8.33. The number of hydrogen-bond acceptors (Lipinski definition) is 6. The molecule has 0 bridgehead atoms. The summed E-state index contributed by atoms with van der Waals surface area (Å²) < 4.78 is 12.3. The van der Waals surface area contributed by atoms with Gasteiger partial charge in [0.2, 0.25) is 5.91 Å². The molecule has 2 heterocycles. The highest BCUT2D eigenvalue weighted by Crippen LogP contribution is 2.30. The van der Waals surface area contributed by atoms with Crippen molar-refractivity contribution in [2.45, 2.75) is 20.8 Å². The van der Waals surface area contributed by atoms with Crippen molar-refractivity contribution in [3.63, 3.8) is 0 Å². The number of carbonyl (C=O) groups excluding carboxylic acids is 1. The third-order valence-electron chi connectivity index (χ3n) is 3.86. The van der Waals surface area contributed by atoms with E-state index in [1.54, 1.807) is 31.0 Å². The van der Waals surface area contributed by atoms with E-state index >= 15 is 0 Å². The minimum absolute atomic E-state index is 0.220. The van der Waals surface area contributed by atoms with Gasteiger partial charge in [-0.1, -0.05) is 0 Å². The average molecular weight is 367 g/mol. The van der Waals surface area contributed by atoms with Crippen LogP contribution in [0.25, 0.3) is 17.2 Å². The predicted octanol–water partition coefficient (Wildman–Crippen LogP) is 2.92. The lowest BCUT2D eigenvalue weighted by atomic mass is 10.1. The van der Waals surface area contributed by atoms with Gasteiger partial charge in [0.05, 0.1) is 25.6 Å². The van der Waals surface area contributed by atoms with Crippen LogP contribution in [0.1, 0.15) is 18.3 Å². The third-order valence-corrected chi connectivity index (χ3v) is 3.86. The lowest BCUT2D eigenvalue weighted by Gasteiger charge is -2.11. The van der Waals surface area contributed by atoms with Crippen molar-refractivity contribution in [2.75, 3.05) is 19.5 Å². The van der Waals surface area contributed by atoms with Gasteiger partial charge in [0.15, 0.2) is 0 Å². The number of amides is 1. The maximum atomic E-state index is 11.5. The monoisotopic (exact) mass is 367 g/mol. The first kappa shape index (κ1) is 18.4. The van der Waals surface area contributed by atoms with E-state index in [0.717, 1.165) is 17.0 Å². The maximum absolute atomic E-state index is 11.5. The summed E-state index contributed by atoms with van der Waals surface area (Å²) in [6.07, 6.45) is 0. The van der Waals surface area contributed by atoms with Gasteiger partial charge in [0.25, 0.3) is 5.95 Å². The minimum atomic E-state index is -0.220. The van der Waals surface area contributed by atoms with E-state index in [9.17, 15) is 4.79 Å². The quantitative estimate of drug-likeness (QED) is 0.745. The van der Waals surface area contributed by atoms with Crippen LogP contribution in [-0.4, -0.2) is 39.9 Å². The summed E-state index contributed by atoms with van der Waals surface area (Å²) in [5, 5.41) is 7.15. The van der Waals surface area contributed by atoms with Gasteiger partial charge in [-0.3, -0.25) is 4.79 Å². The number of rotatable bonds is 5. The van der Waals surface area contributed by atoms with Crippen LogP contribution in [0.2, 0.25) is 0 Å². The maximum Gasteiger partial charge on any atom is 0.253 e. The van der Waals surface area contributed by atoms with Gasteiger partial charge < -0.3 is 14.8 Å². The van der Waals surface area contributed by atoms with Gasteiger partial charge in [-0.15, -0.1) is 0 Å². The molecule has 8 nitrogen and oxygen atoms in total. The number of aromatic nitrogens is 4. The van der Waals surface area contributed by atoms with Crippen molar-refractivity contribution >= 4 is 11.7 Å². The molecule has 27 heavy (non-hydrogen) atoms. The molecule has 0 radical (unpaired) electrons. The van der Waals surface area contributed by atoms with Crippen molar-refractivity contribution in [2.24, 2.45) is 0 Å². The number of carbonyl (C=O) groups is 1. The van der Waals surface area contributed by atoms with Crippen LogP contribution in [0.3, 0.4) is 0 Å². The molecule has 0 aliphatic carbocycles. The van der Waals surface area contributed by atoms with E-state index < -0.39 is 0 Å². The summed E-state index contributed by atoms with van der Waals surface area (Å²) in [7, 11) is 3.17. The molecule has 0 fully saturated rings. The Morgan fingerprint density at radius 3 is 2.19 bits per heavy atom. The first-order chi connectivity index (χ1) is 12.9. The Balaban J connectivity index is 2.19. The molecule has 0 saturated heterocycles. The minimum Gasteiger partial charge on any atom is -0.497 e. The number of hydrogen-bond donors (Lipinski definition) is 1. The van der Waals surface area contributed by atoms with Crippen LogP contribution in [0, 0.1) is 13.8 Å². The molecule has 0 saturated carbocycles. The number of aryl methyl sites for hydroxylation is 2. The Labute approximate surface area is 157 Å². The van der Waals surface area contributed by atoms with Gasteiger partial charge in [-0.2, -0.15) is 10.1 Å². The first-order valence-electron chi connectivity index (χ1n) is 8.33. The number of anilines is 1. The molecule has 0 spiro atoms. The van der Waals surface area contributed by atoms with Crippen LogP contribution >= 0.6 is 0 Å². The van der Waals surface area contributed by atoms with Crippen LogP contribution in [0.5, 0.6) is 11.5 Å². The molecule has 0 unspecified atom stereocenters. The Morgan fingerprint density at radius 1 is 1.00 bits per heavy atom. The summed E-state index contributed by atoms with van der Waals surface area (Å²) in [6, 6.07) is 9.09. The molecule has 1 aromatic carbocycles. The lowest BCUT2D eigenvalue weighted by molar-refractivity contribution is -0.114. The van der Waals surface area contributed by atoms with Crippen LogP contribution < -0.4 is 14.8 Å². The van der Waals surface area contributed by atoms with Gasteiger partial charge >= 0.3 is 0 Å². The zero-order valence-electron chi connectivity index (χ0n) is 15.9. The van der Waals surface area contributed by atoms with E-state index in [4.69, 9.17) is 9.47 Å². The second kappa shape index (κ2) is 7.45. The van der Waals surface area contributed by atoms with E-state index in [1.807, 2.05) is 32.0 Å². The highest BCUT2D eigenvalue weighted by molar-refractivity contribution is 5.88. The fourth-order valence-electron chi connectivity index (χ4n) is 2.71. The summed E-state index contributed by atoms with van der Waals surface area (Å²) in [6.45, 7) is 5.25. The Morgan fingerprint density at radius 2 is 1.67 bits per heavy atom. The normalized spacial score (nSPS) is 10.6. The van der Waals surface area contributed by atoms with Gasteiger partial charge in [-0.05, 0) is 32.0 Å². The molecular weight excluding hydrogens is 346 g/mol. The molecule has 8 heteroatoms. The van der Waals surface area contributed by atoms with Gasteiger partial charge in [0.1, 0.15) is 17.3 Å². The van der Waals surface area contributed by atoms with Crippen LogP contribution in [-0.2, 0) is 4.79 Å². The van der Waals surface area contributed by atoms with Gasteiger partial charge in [-0.25, -0.2) is 9.67 Å². The molecule has 1 amide bonds. The number of benzene rings is 1. The third kappa shape index (κ3) is 4.05. The topological polar surface area (TPSA) is 91.2 Å². The van der Waals surface area contributed by atoms with E-state index in [0.29, 0.717) is 29.0 Å². The second-order valence-electron chi connectivity index (χ2n) is 6.06. The molecule has 3 aromatic rings. The van der Waals surface area contributed by atoms with Gasteiger partial charge in [0, 0.05) is 30.3 Å².